The third kappa shape index (κ3) is 12.7. The first-order chi connectivity index (χ1) is 58.9. The zero-order chi connectivity index (χ0) is 84.3. The molecule has 116 heavy (non-hydrogen) atoms. The van der Waals surface area contributed by atoms with Gasteiger partial charge < -0.3 is 17.7 Å². The first-order valence-electron chi connectivity index (χ1n) is 42.4. The highest BCUT2D eigenvalue weighted by Gasteiger charge is 2.27. The fourth-order valence-corrected chi connectivity index (χ4v) is 17.2. The summed E-state index contributed by atoms with van der Waals surface area (Å²) in [6.45, 7) is 8.17. The Morgan fingerprint density at radius 3 is 1.06 bits per heavy atom. The monoisotopic (exact) mass is 1510 g/mol. The van der Waals surface area contributed by atoms with Gasteiger partial charge in [0.05, 0.1) is 22.3 Å². The highest BCUT2D eigenvalue weighted by atomic mass is 16.3. The van der Waals surface area contributed by atoms with Gasteiger partial charge in [-0.05, 0) is 181 Å². The van der Waals surface area contributed by atoms with Crippen molar-refractivity contribution in [2.75, 3.05) is 0 Å². The van der Waals surface area contributed by atoms with Crippen LogP contribution in [0.4, 0.5) is 0 Å². The van der Waals surface area contributed by atoms with Gasteiger partial charge in [0, 0.05) is 120 Å². The largest absolute Gasteiger partial charge is 0.455 e. The molecular weight excluding hydrogens is 1420 g/mol. The van der Waals surface area contributed by atoms with Gasteiger partial charge >= 0.3 is 0 Å². The van der Waals surface area contributed by atoms with Crippen molar-refractivity contribution in [1.29, 1.82) is 0 Å². The highest BCUT2D eigenvalue weighted by molar-refractivity contribution is 6.20. The Balaban J connectivity index is 0.000000108. The lowest BCUT2D eigenvalue weighted by Gasteiger charge is -2.10. The lowest BCUT2D eigenvalue weighted by atomic mass is 9.95. The van der Waals surface area contributed by atoms with E-state index in [-0.39, 0.29) is 0 Å². The summed E-state index contributed by atoms with van der Waals surface area (Å²) in [6, 6.07) is 100. The van der Waals surface area contributed by atoms with Crippen LogP contribution in [0.15, 0.2) is 334 Å². The molecule has 0 saturated carbocycles. The van der Waals surface area contributed by atoms with Gasteiger partial charge in [0.25, 0.3) is 0 Å². The number of hydrogen-bond acceptors (Lipinski definition) is 4. The molecule has 14 aromatic carbocycles. The van der Waals surface area contributed by atoms with E-state index in [0.717, 1.165) is 138 Å². The summed E-state index contributed by atoms with van der Waals surface area (Å²) < 4.78 is 83.1. The fourth-order valence-electron chi connectivity index (χ4n) is 17.2. The van der Waals surface area contributed by atoms with E-state index in [9.17, 15) is 0 Å². The van der Waals surface area contributed by atoms with Crippen LogP contribution in [0, 0.1) is 55.2 Å². The van der Waals surface area contributed by atoms with Crippen LogP contribution in [0.2, 0.25) is 0 Å². The van der Waals surface area contributed by atoms with Gasteiger partial charge in [0.2, 0.25) is 22.8 Å². The van der Waals surface area contributed by atoms with Crippen molar-refractivity contribution < 1.29 is 44.2 Å². The summed E-state index contributed by atoms with van der Waals surface area (Å²) in [4.78, 5) is 0. The zero-order valence-corrected chi connectivity index (χ0v) is 66.4. The maximum absolute atomic E-state index is 8.20. The Bertz CT molecular complexity index is 7990. The molecule has 0 amide bonds. The molecule has 0 radical (unpaired) electrons. The maximum Gasteiger partial charge on any atom is 0.216 e. The molecule has 0 atom stereocenters. The molecule has 0 bridgehead atoms. The minimum atomic E-state index is -2.24. The van der Waals surface area contributed by atoms with Crippen molar-refractivity contribution in [1.82, 2.24) is 0 Å². The summed E-state index contributed by atoms with van der Waals surface area (Å²) in [5.41, 5.74) is 26.6. The van der Waals surface area contributed by atoms with E-state index in [1.165, 1.54) is 82.3 Å². The van der Waals surface area contributed by atoms with E-state index in [1.54, 1.807) is 12.4 Å². The van der Waals surface area contributed by atoms with Gasteiger partial charge in [0.1, 0.15) is 72.9 Å². The van der Waals surface area contributed by atoms with E-state index in [2.05, 4.69) is 264 Å². The number of aromatic nitrogens is 4. The Kier molecular flexibility index (Phi) is 16.5. The van der Waals surface area contributed by atoms with Crippen molar-refractivity contribution in [3.8, 4) is 67.3 Å². The lowest BCUT2D eigenvalue weighted by molar-refractivity contribution is -0.660. The van der Waals surface area contributed by atoms with E-state index in [0.29, 0.717) is 22.3 Å². The molecule has 8 aromatic heterocycles. The first-order valence-corrected chi connectivity index (χ1v) is 39.4. The van der Waals surface area contributed by atoms with Crippen molar-refractivity contribution in [3.05, 3.63) is 360 Å². The molecule has 22 rings (SSSR count). The van der Waals surface area contributed by atoms with Crippen LogP contribution in [0.3, 0.4) is 0 Å². The standard InChI is InChI=1S/C31H26NO.C30H24NO.C24H20NO.C23H18NO/c1-19-9-12-23(13-10-19)27-17-28(32(4)18-21(27)3)29-20(2)11-15-26-25-16-14-22-7-5-6-8-24(22)30(25)33-31(26)29;1-19-13-15-25-24-16-14-22-11-7-8-12-23(22)29(24)32-30(25)28(19)27-17-26(20(2)18-31(27)3)21-9-5-4-6-10-21;1-15-10-11-25(3)22(12-15)20-14-23-21(13-16(20)2)19-9-8-17-6-4-5-7-18(17)24(19)26-23;1-15-13-20-18-11-10-16-7-3-4-8-17(16)23(18)25-22(20)14-19(15)21-9-5-6-12-24(21)2/h5-18H,1-4H3;4-18H,1-3H3;4-14H,1-3H3;3-14H,1-2H3/q4*+1/i3D3;2D3;;. The Morgan fingerprint density at radius 1 is 0.233 bits per heavy atom. The van der Waals surface area contributed by atoms with Crippen LogP contribution in [0.1, 0.15) is 52.7 Å². The number of hydrogen-bond donors (Lipinski definition) is 0. The van der Waals surface area contributed by atoms with Crippen LogP contribution in [0.5, 0.6) is 0 Å². The van der Waals surface area contributed by atoms with Gasteiger partial charge in [-0.15, -0.1) is 0 Å². The van der Waals surface area contributed by atoms with Crippen LogP contribution in [-0.4, -0.2) is 0 Å². The first kappa shape index (κ1) is 65.5. The van der Waals surface area contributed by atoms with E-state index in [4.69, 9.17) is 25.9 Å². The molecule has 0 spiro atoms. The van der Waals surface area contributed by atoms with E-state index < -0.39 is 13.7 Å². The highest BCUT2D eigenvalue weighted by Crippen LogP contribution is 2.45. The smallest absolute Gasteiger partial charge is 0.216 e. The van der Waals surface area contributed by atoms with Crippen LogP contribution in [0.25, 0.3) is 198 Å². The van der Waals surface area contributed by atoms with Gasteiger partial charge in [-0.3, -0.25) is 0 Å². The Hall–Kier alpha value is -14.1. The SMILES string of the molecule is Cc1cc2c(cc1-c1cccc[n+]1C)oc1c3ccccc3ccc21.Cc1cc[n+](C)c(-c2cc3oc4c5ccccc5ccc4c3cc2C)c1.[2H]C([2H])([2H])c1c[n+](C)c(-c2c(C)ccc3c2oc2c4ccccc4ccc32)cc1-c1ccc(C)cc1.[2H]C([2H])([2H])c1c[n+](C)c(-c2c(C)ccc3c2oc2c4ccccc4ccc32)cc1-c1ccccc1. The second-order valence-corrected chi connectivity index (χ2v) is 31.0. The second kappa shape index (κ2) is 29.1. The number of benzene rings is 14. The number of nitrogens with zero attached hydrogens (tertiary/aromatic N) is 4. The third-order valence-corrected chi connectivity index (χ3v) is 23.3. The van der Waals surface area contributed by atoms with E-state index in [1.807, 2.05) is 127 Å². The molecule has 8 heterocycles. The van der Waals surface area contributed by atoms with Crippen molar-refractivity contribution in [2.24, 2.45) is 28.2 Å². The predicted molar refractivity (Wildman–Crippen MR) is 480 cm³/mol. The normalized spacial score (nSPS) is 12.6. The van der Waals surface area contributed by atoms with Gasteiger partial charge in [-0.25, -0.2) is 18.3 Å². The molecular formula is C108H88N4O4+4. The molecule has 0 N–H and O–H groups in total. The summed E-state index contributed by atoms with van der Waals surface area (Å²) in [5.74, 6) is 0. The number of aryl methyl sites for hydroxylation is 12. The van der Waals surface area contributed by atoms with Gasteiger partial charge in [-0.1, -0.05) is 206 Å². The summed E-state index contributed by atoms with van der Waals surface area (Å²) in [6.07, 6.45) is 7.67. The lowest BCUT2D eigenvalue weighted by Crippen LogP contribution is -2.31. The molecule has 0 aliphatic rings. The van der Waals surface area contributed by atoms with Gasteiger partial charge in [-0.2, -0.15) is 0 Å². The van der Waals surface area contributed by atoms with Crippen LogP contribution >= 0.6 is 0 Å². The minimum Gasteiger partial charge on any atom is -0.455 e. The number of pyridine rings is 4. The van der Waals surface area contributed by atoms with Crippen molar-refractivity contribution in [2.45, 2.75) is 55.2 Å². The maximum atomic E-state index is 8.20. The van der Waals surface area contributed by atoms with Crippen LogP contribution < -0.4 is 18.3 Å². The third-order valence-electron chi connectivity index (χ3n) is 23.3. The predicted octanol–water partition coefficient (Wildman–Crippen LogP) is 26.7. The Labute approximate surface area is 682 Å². The van der Waals surface area contributed by atoms with E-state index >= 15 is 0 Å². The number of furan rings is 4. The molecule has 0 saturated heterocycles. The average Bonchev–Trinajstić information content (AvgIpc) is 1.58. The Morgan fingerprint density at radius 2 is 0.612 bits per heavy atom. The second-order valence-electron chi connectivity index (χ2n) is 31.0. The molecule has 0 unspecified atom stereocenters. The molecule has 8 heteroatoms. The van der Waals surface area contributed by atoms with Gasteiger partial charge in [0.15, 0.2) is 24.8 Å². The number of rotatable bonds is 6. The fraction of sp³-hybridized carbons (Fsp3) is 0.111. The summed E-state index contributed by atoms with van der Waals surface area (Å²) in [5, 5.41) is 18.2. The molecule has 0 aliphatic heterocycles. The zero-order valence-electron chi connectivity index (χ0n) is 72.4. The summed E-state index contributed by atoms with van der Waals surface area (Å²) in [7, 11) is 7.96. The average molecular weight is 1510 g/mol. The van der Waals surface area contributed by atoms with Crippen molar-refractivity contribution in [3.63, 3.8) is 0 Å². The number of fused-ring (bicyclic) bond motifs is 20. The molecule has 560 valence electrons. The summed E-state index contributed by atoms with van der Waals surface area (Å²) >= 11 is 0. The minimum absolute atomic E-state index is 0.329. The topological polar surface area (TPSA) is 68.1 Å². The molecule has 0 fully saturated rings. The van der Waals surface area contributed by atoms with Crippen LogP contribution in [-0.2, 0) is 28.2 Å². The molecule has 22 aromatic rings. The molecule has 8 nitrogen and oxygen atoms in total. The molecule has 0 aliphatic carbocycles. The quantitative estimate of drug-likeness (QED) is 0.156. The van der Waals surface area contributed by atoms with Crippen molar-refractivity contribution >= 4 is 131 Å².